The Balaban J connectivity index is 1.31. The summed E-state index contributed by atoms with van der Waals surface area (Å²) in [6.07, 6.45) is 2.36. The average Bonchev–Trinajstić information content (AvgIpc) is 3.59. The number of nitrogens with zero attached hydrogens (tertiary/aromatic N) is 2. The van der Waals surface area contributed by atoms with E-state index >= 15 is 0 Å². The van der Waals surface area contributed by atoms with Gasteiger partial charge in [-0.15, -0.1) is 0 Å². The number of hydrogen-bond donors (Lipinski definition) is 2. The first-order valence-corrected chi connectivity index (χ1v) is 10.9. The van der Waals surface area contributed by atoms with Crippen molar-refractivity contribution in [3.8, 4) is 11.8 Å². The van der Waals surface area contributed by atoms with Gasteiger partial charge in [-0.3, -0.25) is 4.79 Å². The quantitative estimate of drug-likeness (QED) is 0.732. The van der Waals surface area contributed by atoms with E-state index < -0.39 is 11.8 Å². The molecule has 2 aromatic carbocycles. The molecular formula is C25H24FN3O3. The van der Waals surface area contributed by atoms with Gasteiger partial charge in [0.25, 0.3) is 0 Å². The van der Waals surface area contributed by atoms with E-state index in [1.54, 1.807) is 11.0 Å². The minimum Gasteiger partial charge on any atom is -0.394 e. The molecule has 0 bridgehead atoms. The number of rotatable bonds is 3. The van der Waals surface area contributed by atoms with Gasteiger partial charge in [-0.1, -0.05) is 30.0 Å². The SMILES string of the molecule is O=C(Nc1cccc(F)c1)N1CC(=O)N2[C@@H](CO)[C@@H](c3ccc(C#CC4CC4)cc3)[C@@H]2C1. The maximum absolute atomic E-state index is 13.4. The Morgan fingerprint density at radius 3 is 2.66 bits per heavy atom. The Morgan fingerprint density at radius 1 is 1.19 bits per heavy atom. The van der Waals surface area contributed by atoms with E-state index in [0.29, 0.717) is 18.2 Å². The zero-order chi connectivity index (χ0) is 22.2. The fraction of sp³-hybridized carbons (Fsp3) is 0.360. The summed E-state index contributed by atoms with van der Waals surface area (Å²) in [5, 5.41) is 12.6. The molecule has 0 spiro atoms. The number of aliphatic hydroxyl groups is 1. The molecule has 0 unspecified atom stereocenters. The van der Waals surface area contributed by atoms with Crippen molar-refractivity contribution < 1.29 is 19.1 Å². The maximum Gasteiger partial charge on any atom is 0.322 e. The number of carbonyl (C=O) groups excluding carboxylic acids is 2. The normalized spacial score (nSPS) is 24.2. The van der Waals surface area contributed by atoms with E-state index in [0.717, 1.165) is 11.1 Å². The van der Waals surface area contributed by atoms with Crippen molar-refractivity contribution in [3.63, 3.8) is 0 Å². The summed E-state index contributed by atoms with van der Waals surface area (Å²) in [5.41, 5.74) is 2.31. The summed E-state index contributed by atoms with van der Waals surface area (Å²) < 4.78 is 13.4. The molecule has 1 saturated carbocycles. The molecule has 3 atom stereocenters. The second kappa shape index (κ2) is 8.29. The molecule has 164 valence electrons. The second-order valence-electron chi connectivity index (χ2n) is 8.63. The predicted octanol–water partition coefficient (Wildman–Crippen LogP) is 2.79. The molecule has 2 N–H and O–H groups in total. The van der Waals surface area contributed by atoms with Crippen LogP contribution in [0.1, 0.15) is 29.9 Å². The molecule has 2 saturated heterocycles. The first-order chi connectivity index (χ1) is 15.5. The molecule has 0 radical (unpaired) electrons. The smallest absolute Gasteiger partial charge is 0.322 e. The van der Waals surface area contributed by atoms with Crippen LogP contribution in [-0.4, -0.2) is 58.6 Å². The number of benzene rings is 2. The van der Waals surface area contributed by atoms with Crippen LogP contribution in [0.25, 0.3) is 0 Å². The molecule has 2 aliphatic heterocycles. The minimum absolute atomic E-state index is 0.0702. The van der Waals surface area contributed by atoms with Gasteiger partial charge >= 0.3 is 6.03 Å². The van der Waals surface area contributed by atoms with Crippen molar-refractivity contribution >= 4 is 17.6 Å². The molecule has 3 aliphatic rings. The summed E-state index contributed by atoms with van der Waals surface area (Å²) in [4.78, 5) is 28.6. The third-order valence-electron chi connectivity index (χ3n) is 6.41. The molecule has 32 heavy (non-hydrogen) atoms. The predicted molar refractivity (Wildman–Crippen MR) is 117 cm³/mol. The summed E-state index contributed by atoms with van der Waals surface area (Å²) in [6.45, 7) is 0.138. The Kier molecular flexibility index (Phi) is 5.32. The van der Waals surface area contributed by atoms with Gasteiger partial charge in [0.15, 0.2) is 0 Å². The third kappa shape index (κ3) is 3.94. The number of fused-ring (bicyclic) bond motifs is 1. The average molecular weight is 433 g/mol. The fourth-order valence-corrected chi connectivity index (χ4v) is 4.62. The van der Waals surface area contributed by atoms with E-state index in [1.807, 2.05) is 24.3 Å². The standard InChI is InChI=1S/C25H24FN3O3/c26-19-2-1-3-20(12-19)27-25(32)28-13-21-24(22(15-30)29(21)23(31)14-28)18-10-8-17(9-11-18)7-6-16-4-5-16/h1-3,8-12,16,21-22,24,30H,4-5,13-15H2,(H,27,32)/t21-,22-,24-/m0/s1. The molecule has 2 heterocycles. The lowest BCUT2D eigenvalue weighted by atomic mass is 9.73. The van der Waals surface area contributed by atoms with E-state index in [-0.39, 0.29) is 37.1 Å². The van der Waals surface area contributed by atoms with Crippen molar-refractivity contribution in [1.29, 1.82) is 0 Å². The van der Waals surface area contributed by atoms with Crippen LogP contribution in [0.2, 0.25) is 0 Å². The number of amides is 3. The first kappa shape index (κ1) is 20.5. The largest absolute Gasteiger partial charge is 0.394 e. The van der Waals surface area contributed by atoms with Gasteiger partial charge in [-0.2, -0.15) is 0 Å². The van der Waals surface area contributed by atoms with Crippen LogP contribution in [0.5, 0.6) is 0 Å². The number of piperazine rings is 1. The molecule has 1 aliphatic carbocycles. The Hall–Kier alpha value is -3.37. The molecule has 7 heteroatoms. The van der Waals surface area contributed by atoms with Crippen LogP contribution >= 0.6 is 0 Å². The lowest BCUT2D eigenvalue weighted by Crippen LogP contribution is -2.73. The number of hydrogen-bond acceptors (Lipinski definition) is 3. The molecule has 0 aromatic heterocycles. The summed E-state index contributed by atoms with van der Waals surface area (Å²) >= 11 is 0. The first-order valence-electron chi connectivity index (χ1n) is 10.9. The van der Waals surface area contributed by atoms with E-state index in [9.17, 15) is 19.1 Å². The number of halogens is 1. The number of aliphatic hydroxyl groups excluding tert-OH is 1. The Labute approximate surface area is 186 Å². The lowest BCUT2D eigenvalue weighted by molar-refractivity contribution is -0.159. The molecule has 5 rings (SSSR count). The monoisotopic (exact) mass is 433 g/mol. The molecule has 3 fully saturated rings. The van der Waals surface area contributed by atoms with Crippen LogP contribution in [0.3, 0.4) is 0 Å². The molecule has 6 nitrogen and oxygen atoms in total. The van der Waals surface area contributed by atoms with Crippen molar-refractivity contribution in [3.05, 3.63) is 65.5 Å². The van der Waals surface area contributed by atoms with Crippen LogP contribution in [-0.2, 0) is 4.79 Å². The highest BCUT2D eigenvalue weighted by Gasteiger charge is 2.54. The van der Waals surface area contributed by atoms with Crippen molar-refractivity contribution in [2.75, 3.05) is 25.0 Å². The number of nitrogens with one attached hydrogen (secondary N) is 1. The van der Waals surface area contributed by atoms with Gasteiger partial charge in [0.2, 0.25) is 5.91 Å². The van der Waals surface area contributed by atoms with Gasteiger partial charge < -0.3 is 20.2 Å². The lowest BCUT2D eigenvalue weighted by Gasteiger charge is -2.58. The highest BCUT2D eigenvalue weighted by Crippen LogP contribution is 2.43. The number of anilines is 1. The minimum atomic E-state index is -0.446. The van der Waals surface area contributed by atoms with Crippen molar-refractivity contribution in [1.82, 2.24) is 9.80 Å². The second-order valence-corrected chi connectivity index (χ2v) is 8.63. The van der Waals surface area contributed by atoms with Gasteiger partial charge in [-0.25, -0.2) is 9.18 Å². The van der Waals surface area contributed by atoms with Crippen LogP contribution < -0.4 is 5.32 Å². The maximum atomic E-state index is 13.4. The van der Waals surface area contributed by atoms with Gasteiger partial charge in [0, 0.05) is 29.6 Å². The Morgan fingerprint density at radius 2 is 1.97 bits per heavy atom. The Bertz CT molecular complexity index is 1100. The summed E-state index contributed by atoms with van der Waals surface area (Å²) in [7, 11) is 0. The zero-order valence-electron chi connectivity index (χ0n) is 17.5. The summed E-state index contributed by atoms with van der Waals surface area (Å²) in [6, 6.07) is 12.6. The van der Waals surface area contributed by atoms with E-state index in [1.165, 1.54) is 35.9 Å². The highest BCUT2D eigenvalue weighted by molar-refractivity contribution is 5.93. The number of carbonyl (C=O) groups is 2. The number of urea groups is 1. The third-order valence-corrected chi connectivity index (χ3v) is 6.41. The van der Waals surface area contributed by atoms with Crippen LogP contribution in [0, 0.1) is 23.6 Å². The van der Waals surface area contributed by atoms with Crippen LogP contribution in [0.15, 0.2) is 48.5 Å². The summed E-state index contributed by atoms with van der Waals surface area (Å²) in [5.74, 6) is 6.26. The van der Waals surface area contributed by atoms with Gasteiger partial charge in [-0.05, 0) is 48.7 Å². The van der Waals surface area contributed by atoms with E-state index in [2.05, 4.69) is 17.2 Å². The van der Waals surface area contributed by atoms with E-state index in [4.69, 9.17) is 0 Å². The molecule has 2 aromatic rings. The van der Waals surface area contributed by atoms with Crippen molar-refractivity contribution in [2.24, 2.45) is 5.92 Å². The highest BCUT2D eigenvalue weighted by atomic mass is 19.1. The van der Waals surface area contributed by atoms with Gasteiger partial charge in [0.05, 0.1) is 18.7 Å². The van der Waals surface area contributed by atoms with Crippen molar-refractivity contribution in [2.45, 2.75) is 30.8 Å². The van der Waals surface area contributed by atoms with Gasteiger partial charge in [0.1, 0.15) is 12.4 Å². The molecular weight excluding hydrogens is 409 g/mol. The molecule has 3 amide bonds. The fourth-order valence-electron chi connectivity index (χ4n) is 4.62. The zero-order valence-corrected chi connectivity index (χ0v) is 17.5. The van der Waals surface area contributed by atoms with Crippen LogP contribution in [0.4, 0.5) is 14.9 Å². The topological polar surface area (TPSA) is 72.9 Å².